The van der Waals surface area contributed by atoms with Crippen LogP contribution in [0.25, 0.3) is 0 Å². The molecule has 0 radical (unpaired) electrons. The van der Waals surface area contributed by atoms with Gasteiger partial charge in [0.05, 0.1) is 0 Å². The van der Waals surface area contributed by atoms with Crippen LogP contribution < -0.4 is 5.32 Å². The molecule has 1 aromatic carbocycles. The minimum atomic E-state index is -0.786. The third kappa shape index (κ3) is 3.15. The molecule has 0 unspecified atom stereocenters. The van der Waals surface area contributed by atoms with Gasteiger partial charge in [0.15, 0.2) is 0 Å². The zero-order valence-electron chi connectivity index (χ0n) is 8.18. The molecule has 0 saturated carbocycles. The summed E-state index contributed by atoms with van der Waals surface area (Å²) in [5.74, 6) is 0. The van der Waals surface area contributed by atoms with Gasteiger partial charge in [-0.15, -0.1) is 0 Å². The van der Waals surface area contributed by atoms with E-state index < -0.39 is 6.17 Å². The summed E-state index contributed by atoms with van der Waals surface area (Å²) in [5.41, 5.74) is 2.27. The molecule has 0 amide bonds. The van der Waals surface area contributed by atoms with Crippen molar-refractivity contribution in [3.63, 3.8) is 0 Å². The summed E-state index contributed by atoms with van der Waals surface area (Å²) in [6.45, 7) is 2.44. The van der Waals surface area contributed by atoms with Crippen LogP contribution in [0.15, 0.2) is 24.3 Å². The molecule has 0 saturated heterocycles. The van der Waals surface area contributed by atoms with Crippen LogP contribution in [0.4, 0.5) is 4.39 Å². The smallest absolute Gasteiger partial charge is 0.116 e. The normalized spacial score (nSPS) is 12.8. The van der Waals surface area contributed by atoms with Gasteiger partial charge in [-0.2, -0.15) is 0 Å². The lowest BCUT2D eigenvalue weighted by molar-refractivity contribution is 0.324. The minimum Gasteiger partial charge on any atom is -0.317 e. The molecule has 72 valence electrons. The second kappa shape index (κ2) is 4.97. The third-order valence-corrected chi connectivity index (χ3v) is 2.13. The summed E-state index contributed by atoms with van der Waals surface area (Å²) in [6.07, 6.45) is -0.279. The first-order valence-electron chi connectivity index (χ1n) is 4.57. The van der Waals surface area contributed by atoms with Crippen molar-refractivity contribution in [1.82, 2.24) is 5.32 Å². The molecule has 0 aliphatic heterocycles. The predicted octanol–water partition coefficient (Wildman–Crippen LogP) is 2.10. The number of alkyl halides is 1. The zero-order valence-corrected chi connectivity index (χ0v) is 8.18. The predicted molar refractivity (Wildman–Crippen MR) is 53.7 cm³/mol. The van der Waals surface area contributed by atoms with Crippen molar-refractivity contribution in [1.29, 1.82) is 0 Å². The third-order valence-electron chi connectivity index (χ3n) is 2.13. The van der Waals surface area contributed by atoms with Crippen LogP contribution in [0.1, 0.15) is 11.1 Å². The van der Waals surface area contributed by atoms with Crippen molar-refractivity contribution in [3.05, 3.63) is 35.4 Å². The summed E-state index contributed by atoms with van der Waals surface area (Å²) >= 11 is 0. The molecule has 0 aliphatic rings. The Bertz CT molecular complexity index is 260. The molecule has 0 heterocycles. The maximum atomic E-state index is 13.2. The number of rotatable bonds is 4. The average molecular weight is 181 g/mol. The van der Waals surface area contributed by atoms with E-state index in [0.717, 1.165) is 5.56 Å². The summed E-state index contributed by atoms with van der Waals surface area (Å²) in [5, 5.41) is 2.83. The van der Waals surface area contributed by atoms with E-state index >= 15 is 0 Å². The van der Waals surface area contributed by atoms with Crippen LogP contribution in [-0.4, -0.2) is 19.8 Å². The molecule has 0 fully saturated rings. The van der Waals surface area contributed by atoms with Gasteiger partial charge < -0.3 is 5.32 Å². The van der Waals surface area contributed by atoms with Crippen molar-refractivity contribution in [2.75, 3.05) is 13.6 Å². The molecule has 2 heteroatoms. The number of aryl methyl sites for hydroxylation is 1. The molecule has 0 aliphatic carbocycles. The molecule has 1 rings (SSSR count). The highest BCUT2D eigenvalue weighted by atomic mass is 19.1. The molecule has 0 bridgehead atoms. The van der Waals surface area contributed by atoms with Gasteiger partial charge in [0, 0.05) is 13.0 Å². The van der Waals surface area contributed by atoms with E-state index in [1.165, 1.54) is 5.56 Å². The second-order valence-corrected chi connectivity index (χ2v) is 3.29. The second-order valence-electron chi connectivity index (χ2n) is 3.29. The zero-order chi connectivity index (χ0) is 9.68. The largest absolute Gasteiger partial charge is 0.317 e. The van der Waals surface area contributed by atoms with Crippen molar-refractivity contribution >= 4 is 0 Å². The number of benzene rings is 1. The van der Waals surface area contributed by atoms with Crippen LogP contribution in [-0.2, 0) is 6.42 Å². The fourth-order valence-corrected chi connectivity index (χ4v) is 1.37. The first-order chi connectivity index (χ1) is 6.24. The van der Waals surface area contributed by atoms with E-state index in [4.69, 9.17) is 0 Å². The molecular formula is C11H16FN. The van der Waals surface area contributed by atoms with E-state index in [1.54, 1.807) is 7.05 Å². The van der Waals surface area contributed by atoms with Crippen LogP contribution in [0.5, 0.6) is 0 Å². The van der Waals surface area contributed by atoms with Crippen LogP contribution in [0, 0.1) is 6.92 Å². The van der Waals surface area contributed by atoms with Crippen molar-refractivity contribution in [3.8, 4) is 0 Å². The monoisotopic (exact) mass is 181 g/mol. The standard InChI is InChI=1S/C11H16FN/c1-9-5-3-4-6-10(9)7-11(12)8-13-2/h3-6,11,13H,7-8H2,1-2H3/t11-/m1/s1. The lowest BCUT2D eigenvalue weighted by Gasteiger charge is -2.09. The summed E-state index contributed by atoms with van der Waals surface area (Å²) in [7, 11) is 1.77. The van der Waals surface area contributed by atoms with E-state index in [9.17, 15) is 4.39 Å². The quantitative estimate of drug-likeness (QED) is 0.750. The summed E-state index contributed by atoms with van der Waals surface area (Å²) < 4.78 is 13.2. The Balaban J connectivity index is 2.58. The number of nitrogens with one attached hydrogen (secondary N) is 1. The molecule has 0 aromatic heterocycles. The van der Waals surface area contributed by atoms with E-state index in [0.29, 0.717) is 13.0 Å². The molecular weight excluding hydrogens is 165 g/mol. The number of halogens is 1. The van der Waals surface area contributed by atoms with Gasteiger partial charge in [-0.3, -0.25) is 0 Å². The SMILES string of the molecule is CNC[C@H](F)Cc1ccccc1C. The van der Waals surface area contributed by atoms with Gasteiger partial charge >= 0.3 is 0 Å². The van der Waals surface area contributed by atoms with Crippen molar-refractivity contribution in [2.45, 2.75) is 19.5 Å². The maximum absolute atomic E-state index is 13.2. The van der Waals surface area contributed by atoms with Gasteiger partial charge in [0.1, 0.15) is 6.17 Å². The number of hydrogen-bond acceptors (Lipinski definition) is 1. The van der Waals surface area contributed by atoms with Gasteiger partial charge in [0.25, 0.3) is 0 Å². The first kappa shape index (κ1) is 10.2. The van der Waals surface area contributed by atoms with Crippen LogP contribution in [0.2, 0.25) is 0 Å². The highest BCUT2D eigenvalue weighted by Crippen LogP contribution is 2.10. The lowest BCUT2D eigenvalue weighted by Crippen LogP contribution is -2.21. The van der Waals surface area contributed by atoms with Crippen molar-refractivity contribution < 1.29 is 4.39 Å². The van der Waals surface area contributed by atoms with Gasteiger partial charge in [0.2, 0.25) is 0 Å². The van der Waals surface area contributed by atoms with E-state index in [2.05, 4.69) is 5.32 Å². The Hall–Kier alpha value is -0.890. The summed E-state index contributed by atoms with van der Waals surface area (Å²) in [4.78, 5) is 0. The topological polar surface area (TPSA) is 12.0 Å². The molecule has 1 N–H and O–H groups in total. The Morgan fingerprint density at radius 3 is 2.69 bits per heavy atom. The fraction of sp³-hybridized carbons (Fsp3) is 0.455. The van der Waals surface area contributed by atoms with Crippen molar-refractivity contribution in [2.24, 2.45) is 0 Å². The van der Waals surface area contributed by atoms with Gasteiger partial charge in [-0.25, -0.2) is 4.39 Å². The lowest BCUT2D eigenvalue weighted by atomic mass is 10.0. The highest BCUT2D eigenvalue weighted by molar-refractivity contribution is 5.26. The van der Waals surface area contributed by atoms with Crippen LogP contribution >= 0.6 is 0 Å². The average Bonchev–Trinajstić information content (AvgIpc) is 2.09. The van der Waals surface area contributed by atoms with Gasteiger partial charge in [-0.1, -0.05) is 24.3 Å². The van der Waals surface area contributed by atoms with E-state index in [-0.39, 0.29) is 0 Å². The molecule has 1 atom stereocenters. The Labute approximate surface area is 79.0 Å². The molecule has 0 spiro atoms. The Morgan fingerprint density at radius 2 is 2.08 bits per heavy atom. The number of hydrogen-bond donors (Lipinski definition) is 1. The molecule has 13 heavy (non-hydrogen) atoms. The first-order valence-corrected chi connectivity index (χ1v) is 4.57. The van der Waals surface area contributed by atoms with Crippen LogP contribution in [0.3, 0.4) is 0 Å². The molecule has 1 aromatic rings. The fourth-order valence-electron chi connectivity index (χ4n) is 1.37. The Morgan fingerprint density at radius 1 is 1.38 bits per heavy atom. The molecule has 1 nitrogen and oxygen atoms in total. The van der Waals surface area contributed by atoms with Gasteiger partial charge in [-0.05, 0) is 25.1 Å². The maximum Gasteiger partial charge on any atom is 0.116 e. The Kier molecular flexibility index (Phi) is 3.90. The summed E-state index contributed by atoms with van der Waals surface area (Å²) in [6, 6.07) is 7.93. The van der Waals surface area contributed by atoms with E-state index in [1.807, 2.05) is 31.2 Å². The minimum absolute atomic E-state index is 0.425. The highest BCUT2D eigenvalue weighted by Gasteiger charge is 2.07.